The van der Waals surface area contributed by atoms with E-state index in [-0.39, 0.29) is 0 Å². The fraction of sp³-hybridized carbons (Fsp3) is 0. The second-order valence-corrected chi connectivity index (χ2v) is 3.96. The molecule has 0 saturated carbocycles. The molecule has 0 bridgehead atoms. The minimum Gasteiger partial charge on any atom is -0.0843 e. The normalized spacial score (nSPS) is 9.00. The summed E-state index contributed by atoms with van der Waals surface area (Å²) < 4.78 is 0. The van der Waals surface area contributed by atoms with E-state index in [1.54, 1.807) is 18.2 Å². The van der Waals surface area contributed by atoms with Crippen LogP contribution < -0.4 is 0 Å². The fourth-order valence-corrected chi connectivity index (χ4v) is 1.38. The zero-order chi connectivity index (χ0) is 11.1. The maximum Gasteiger partial charge on any atom is 0.0607 e. The van der Waals surface area contributed by atoms with E-state index in [1.807, 2.05) is 36.4 Å². The number of benzene rings is 2. The van der Waals surface area contributed by atoms with E-state index in [0.717, 1.165) is 0 Å². The first-order valence-corrected chi connectivity index (χ1v) is 5.44. The molecule has 0 aliphatic carbocycles. The largest absolute Gasteiger partial charge is 0.0843 e. The summed E-state index contributed by atoms with van der Waals surface area (Å²) in [7, 11) is 0. The minimum atomic E-state index is 0.490. The van der Waals surface area contributed by atoms with E-state index in [1.165, 1.54) is 0 Å². The molecular formula is C12H9Cl3. The van der Waals surface area contributed by atoms with Gasteiger partial charge in [-0.05, 0) is 18.2 Å². The number of hydrogen-bond acceptors (Lipinski definition) is 0. The van der Waals surface area contributed by atoms with E-state index in [0.29, 0.717) is 15.1 Å². The average Bonchev–Trinajstić information content (AvgIpc) is 2.27. The first-order valence-electron chi connectivity index (χ1n) is 4.30. The molecule has 0 nitrogen and oxygen atoms in total. The van der Waals surface area contributed by atoms with Gasteiger partial charge in [0.15, 0.2) is 0 Å². The van der Waals surface area contributed by atoms with Gasteiger partial charge < -0.3 is 0 Å². The van der Waals surface area contributed by atoms with E-state index in [9.17, 15) is 0 Å². The lowest BCUT2D eigenvalue weighted by Gasteiger charge is -1.92. The molecule has 2 aromatic carbocycles. The van der Waals surface area contributed by atoms with Gasteiger partial charge in [-0.1, -0.05) is 71.2 Å². The molecule has 15 heavy (non-hydrogen) atoms. The van der Waals surface area contributed by atoms with Crippen LogP contribution in [0.25, 0.3) is 0 Å². The molecule has 0 spiro atoms. The molecule has 0 radical (unpaired) electrons. The van der Waals surface area contributed by atoms with Crippen molar-refractivity contribution < 1.29 is 0 Å². The highest BCUT2D eigenvalue weighted by Gasteiger charge is 1.94. The van der Waals surface area contributed by atoms with Crippen LogP contribution in [0.1, 0.15) is 0 Å². The van der Waals surface area contributed by atoms with Gasteiger partial charge in [-0.15, -0.1) is 0 Å². The van der Waals surface area contributed by atoms with Gasteiger partial charge in [-0.3, -0.25) is 0 Å². The van der Waals surface area contributed by atoms with Crippen molar-refractivity contribution in [1.29, 1.82) is 0 Å². The topological polar surface area (TPSA) is 0 Å². The lowest BCUT2D eigenvalue weighted by molar-refractivity contribution is 1.70. The molecule has 0 aromatic heterocycles. The average molecular weight is 260 g/mol. The van der Waals surface area contributed by atoms with Crippen molar-refractivity contribution in [3.05, 3.63) is 69.7 Å². The summed E-state index contributed by atoms with van der Waals surface area (Å²) in [5, 5.41) is 1.62. The Labute approximate surface area is 104 Å². The molecule has 0 N–H and O–H groups in total. The molecule has 2 rings (SSSR count). The van der Waals surface area contributed by atoms with Gasteiger partial charge in [0, 0.05) is 5.02 Å². The van der Waals surface area contributed by atoms with Gasteiger partial charge in [0.1, 0.15) is 0 Å². The zero-order valence-corrected chi connectivity index (χ0v) is 10.1. The van der Waals surface area contributed by atoms with Crippen molar-refractivity contribution >= 4 is 34.8 Å². The number of hydrogen-bond donors (Lipinski definition) is 0. The molecule has 2 aromatic rings. The van der Waals surface area contributed by atoms with Crippen molar-refractivity contribution in [2.24, 2.45) is 0 Å². The highest BCUT2D eigenvalue weighted by molar-refractivity contribution is 6.43. The van der Waals surface area contributed by atoms with Gasteiger partial charge in [-0.2, -0.15) is 0 Å². The van der Waals surface area contributed by atoms with Crippen LogP contribution in [0, 0.1) is 0 Å². The van der Waals surface area contributed by atoms with Gasteiger partial charge in [-0.25, -0.2) is 0 Å². The van der Waals surface area contributed by atoms with Crippen molar-refractivity contribution in [2.45, 2.75) is 0 Å². The summed E-state index contributed by atoms with van der Waals surface area (Å²) in [6, 6.07) is 17.0. The number of rotatable bonds is 0. The monoisotopic (exact) mass is 258 g/mol. The van der Waals surface area contributed by atoms with Crippen LogP contribution in [0.5, 0.6) is 0 Å². The van der Waals surface area contributed by atoms with Crippen molar-refractivity contribution in [1.82, 2.24) is 0 Å². The summed E-state index contributed by atoms with van der Waals surface area (Å²) in [6.45, 7) is 0. The highest BCUT2D eigenvalue weighted by Crippen LogP contribution is 2.24. The summed E-state index contributed by atoms with van der Waals surface area (Å²) in [5.74, 6) is 0. The highest BCUT2D eigenvalue weighted by atomic mass is 35.5. The Bertz CT molecular complexity index is 372. The fourth-order valence-electron chi connectivity index (χ4n) is 0.855. The molecule has 0 aliphatic rings. The third-order valence-corrected chi connectivity index (χ3v) is 2.52. The summed E-state index contributed by atoms with van der Waals surface area (Å²) in [6.07, 6.45) is 0. The molecule has 0 unspecified atom stereocenters. The Kier molecular flexibility index (Phi) is 5.56. The second-order valence-electron chi connectivity index (χ2n) is 2.71. The number of halogens is 3. The van der Waals surface area contributed by atoms with Crippen LogP contribution in [0.2, 0.25) is 15.1 Å². The molecule has 0 saturated heterocycles. The minimum absolute atomic E-state index is 0.490. The predicted octanol–water partition coefficient (Wildman–Crippen LogP) is 5.33. The van der Waals surface area contributed by atoms with Crippen LogP contribution in [0.15, 0.2) is 54.6 Å². The van der Waals surface area contributed by atoms with Crippen molar-refractivity contribution in [3.63, 3.8) is 0 Å². The van der Waals surface area contributed by atoms with Gasteiger partial charge in [0.05, 0.1) is 10.0 Å². The Hall–Kier alpha value is -0.690. The smallest absolute Gasteiger partial charge is 0.0607 e. The quantitative estimate of drug-likeness (QED) is 0.561. The lowest BCUT2D eigenvalue weighted by atomic mass is 10.4. The first-order chi connectivity index (χ1) is 7.20. The van der Waals surface area contributed by atoms with E-state index in [2.05, 4.69) is 0 Å². The van der Waals surface area contributed by atoms with Crippen LogP contribution in [-0.4, -0.2) is 0 Å². The maximum absolute atomic E-state index is 5.60. The molecule has 78 valence electrons. The molecule has 0 fully saturated rings. The predicted molar refractivity (Wildman–Crippen MR) is 67.9 cm³/mol. The summed E-state index contributed by atoms with van der Waals surface area (Å²) in [5.41, 5.74) is 0. The lowest BCUT2D eigenvalue weighted by Crippen LogP contribution is -1.66. The van der Waals surface area contributed by atoms with E-state index >= 15 is 0 Å². The SMILES string of the molecule is Clc1ccc(Cl)c(Cl)c1.c1ccccc1. The van der Waals surface area contributed by atoms with Crippen LogP contribution >= 0.6 is 34.8 Å². The standard InChI is InChI=1S/C6H3Cl3.C6H6/c7-4-1-2-5(8)6(9)3-4;1-2-4-6-5-3-1/h1-3H;1-6H. The van der Waals surface area contributed by atoms with Gasteiger partial charge in [0.2, 0.25) is 0 Å². The van der Waals surface area contributed by atoms with Crippen molar-refractivity contribution in [3.8, 4) is 0 Å². The maximum atomic E-state index is 5.60. The Morgan fingerprint density at radius 1 is 0.600 bits per heavy atom. The first kappa shape index (κ1) is 12.4. The molecular weight excluding hydrogens is 250 g/mol. The Morgan fingerprint density at radius 2 is 1.07 bits per heavy atom. The molecule has 0 aliphatic heterocycles. The molecule has 0 heterocycles. The van der Waals surface area contributed by atoms with Gasteiger partial charge in [0.25, 0.3) is 0 Å². The molecule has 0 atom stereocenters. The van der Waals surface area contributed by atoms with Gasteiger partial charge >= 0.3 is 0 Å². The van der Waals surface area contributed by atoms with E-state index in [4.69, 9.17) is 34.8 Å². The van der Waals surface area contributed by atoms with E-state index < -0.39 is 0 Å². The van der Waals surface area contributed by atoms with Crippen LogP contribution in [0.3, 0.4) is 0 Å². The zero-order valence-electron chi connectivity index (χ0n) is 7.83. The molecule has 3 heteroatoms. The third kappa shape index (κ3) is 5.08. The summed E-state index contributed by atoms with van der Waals surface area (Å²) >= 11 is 16.8. The Morgan fingerprint density at radius 3 is 1.40 bits per heavy atom. The van der Waals surface area contributed by atoms with Crippen LogP contribution in [0.4, 0.5) is 0 Å². The third-order valence-electron chi connectivity index (χ3n) is 1.55. The van der Waals surface area contributed by atoms with Crippen molar-refractivity contribution in [2.75, 3.05) is 0 Å². The Balaban J connectivity index is 0.000000162. The molecule has 0 amide bonds. The second kappa shape index (κ2) is 6.73. The van der Waals surface area contributed by atoms with Crippen LogP contribution in [-0.2, 0) is 0 Å². The summed E-state index contributed by atoms with van der Waals surface area (Å²) in [4.78, 5) is 0.